The van der Waals surface area contributed by atoms with Crippen molar-refractivity contribution in [3.63, 3.8) is 0 Å². The van der Waals surface area contributed by atoms with Crippen LogP contribution < -0.4 is 0 Å². The quantitative estimate of drug-likeness (QED) is 0.117. The van der Waals surface area contributed by atoms with Crippen LogP contribution in [0.3, 0.4) is 0 Å². The minimum absolute atomic E-state index is 0. The molecule has 0 radical (unpaired) electrons. The molecular formula is H15Bi2NaO8Ti2. The summed E-state index contributed by atoms with van der Waals surface area (Å²) in [5.41, 5.74) is 0. The summed E-state index contributed by atoms with van der Waals surface area (Å²) >= 11 is -10.0. The molecule has 0 aliphatic rings. The van der Waals surface area contributed by atoms with E-state index >= 15 is 0 Å². The first-order chi connectivity index (χ1) is 4.00. The Morgan fingerprint density at radius 1 is 0.462 bits per heavy atom. The van der Waals surface area contributed by atoms with Crippen LogP contribution in [0.5, 0.6) is 0 Å². The van der Waals surface area contributed by atoms with Gasteiger partial charge in [-0.3, -0.25) is 0 Å². The molecule has 0 fully saturated rings. The Balaban J connectivity index is -0.0000000267. The van der Waals surface area contributed by atoms with Crippen LogP contribution in [0.15, 0.2) is 0 Å². The van der Waals surface area contributed by atoms with Crippen molar-refractivity contribution in [3.05, 3.63) is 0 Å². The van der Waals surface area contributed by atoms with E-state index in [1.54, 1.807) is 0 Å². The second-order valence-electron chi connectivity index (χ2n) is 1.20. The van der Waals surface area contributed by atoms with Gasteiger partial charge in [-0.25, -0.2) is 0 Å². The van der Waals surface area contributed by atoms with Gasteiger partial charge in [-0.15, -0.1) is 0 Å². The Morgan fingerprint density at radius 2 is 0.462 bits per heavy atom. The molecule has 8 nitrogen and oxygen atoms in total. The van der Waals surface area contributed by atoms with Crippen LogP contribution in [0.25, 0.3) is 0 Å². The second-order valence-corrected chi connectivity index (χ2v) is 4.95. The summed E-state index contributed by atoms with van der Waals surface area (Å²) in [6.07, 6.45) is 0. The Bertz CT molecular complexity index is 63.1. The van der Waals surface area contributed by atoms with Gasteiger partial charge < -0.3 is 0 Å². The first-order valence-corrected chi connectivity index (χ1v) is 7.38. The zero-order valence-corrected chi connectivity index (χ0v) is 20.1. The molecule has 0 aromatic heterocycles. The van der Waals surface area contributed by atoms with Crippen LogP contribution >= 0.6 is 0 Å². The van der Waals surface area contributed by atoms with Crippen LogP contribution in [-0.2, 0) is 36.3 Å². The summed E-state index contributed by atoms with van der Waals surface area (Å²) < 4.78 is 59.0. The fourth-order valence-electron chi connectivity index (χ4n) is 0. The monoisotopic (exact) mass is 680 g/mol. The molecule has 0 saturated heterocycles. The van der Waals surface area contributed by atoms with E-state index in [4.69, 9.17) is 29.5 Å². The van der Waals surface area contributed by atoms with Crippen molar-refractivity contribution in [1.29, 1.82) is 0 Å². The maximum atomic E-state index is 7.38. The fraction of sp³-hybridized carbons (Fsp3) is 0. The SMILES string of the molecule is [BiH3].[BiH3].[NaH].[OH][Ti]([OH])([OH])[OH].[OH][Ti]([OH])([OH])[OH]. The number of rotatable bonds is 0. The molecule has 0 aliphatic carbocycles. The van der Waals surface area contributed by atoms with Gasteiger partial charge in [0, 0.05) is 0 Å². The molecule has 0 spiro atoms. The van der Waals surface area contributed by atoms with Gasteiger partial charge in [0.25, 0.3) is 0 Å². The number of hydrogen-bond donors (Lipinski definition) is 8. The van der Waals surface area contributed by atoms with Crippen molar-refractivity contribution in [3.8, 4) is 0 Å². The molecule has 0 aromatic carbocycles. The Hall–Kier alpha value is 3.87. The Kier molecular flexibility index (Phi) is 32.3. The summed E-state index contributed by atoms with van der Waals surface area (Å²) in [6, 6.07) is 0. The molecule has 13 heteroatoms. The topological polar surface area (TPSA) is 162 Å². The molecule has 82 valence electrons. The summed E-state index contributed by atoms with van der Waals surface area (Å²) in [4.78, 5) is 0. The molecule has 0 rings (SSSR count). The van der Waals surface area contributed by atoms with Gasteiger partial charge >= 0.3 is 148 Å². The molecule has 0 atom stereocenters. The molecule has 0 bridgehead atoms. The predicted molar refractivity (Wildman–Crippen MR) is 44.8 cm³/mol. The van der Waals surface area contributed by atoms with Gasteiger partial charge in [-0.1, -0.05) is 0 Å². The fourth-order valence-corrected chi connectivity index (χ4v) is 0. The Labute approximate surface area is 145 Å². The van der Waals surface area contributed by atoms with Crippen molar-refractivity contribution < 1.29 is 65.8 Å². The summed E-state index contributed by atoms with van der Waals surface area (Å²) in [6.45, 7) is 0. The van der Waals surface area contributed by atoms with Gasteiger partial charge in [-0.2, -0.15) is 0 Å². The van der Waals surface area contributed by atoms with Crippen LogP contribution in [0.4, 0.5) is 0 Å². The standard InChI is InChI=1S/2Bi.Na.8H2O.2Ti.7H/h;;;8*1H2;;;;;;;;;/q;;;;;;;;;;;2*+4;;;;;;;/p-8. The van der Waals surface area contributed by atoms with Gasteiger partial charge in [-0.05, 0) is 0 Å². The van der Waals surface area contributed by atoms with E-state index < -0.39 is 36.3 Å². The van der Waals surface area contributed by atoms with E-state index in [2.05, 4.69) is 0 Å². The zero-order valence-electron chi connectivity index (χ0n) is 5.99. The predicted octanol–water partition coefficient (Wildman–Crippen LogP) is -7.48. The maximum absolute atomic E-state index is 7.38. The van der Waals surface area contributed by atoms with E-state index in [0.29, 0.717) is 0 Å². The number of hydrogen-bond acceptors (Lipinski definition) is 8. The van der Waals surface area contributed by atoms with Crippen LogP contribution in [0.2, 0.25) is 0 Å². The molecular weight excluding hydrogens is 665 g/mol. The van der Waals surface area contributed by atoms with Crippen molar-refractivity contribution >= 4 is 82.0 Å². The van der Waals surface area contributed by atoms with Crippen molar-refractivity contribution in [2.24, 2.45) is 0 Å². The molecule has 0 saturated carbocycles. The van der Waals surface area contributed by atoms with Crippen LogP contribution in [0.1, 0.15) is 0 Å². The van der Waals surface area contributed by atoms with Crippen LogP contribution in [-0.4, -0.2) is 111 Å². The molecule has 8 N–H and O–H groups in total. The average Bonchev–Trinajstić information content (AvgIpc) is 1.12. The molecule has 0 aromatic rings. The van der Waals surface area contributed by atoms with Crippen molar-refractivity contribution in [2.45, 2.75) is 0 Å². The first kappa shape index (κ1) is 30.2. The van der Waals surface area contributed by atoms with Gasteiger partial charge in [0.1, 0.15) is 0 Å². The van der Waals surface area contributed by atoms with E-state index in [0.717, 1.165) is 0 Å². The van der Waals surface area contributed by atoms with E-state index in [9.17, 15) is 0 Å². The summed E-state index contributed by atoms with van der Waals surface area (Å²) in [7, 11) is 0. The molecule has 0 unspecified atom stereocenters. The minimum atomic E-state index is -5.00. The van der Waals surface area contributed by atoms with E-state index in [-0.39, 0.29) is 82.0 Å². The van der Waals surface area contributed by atoms with Crippen LogP contribution in [0, 0.1) is 0 Å². The third-order valence-electron chi connectivity index (χ3n) is 0. The van der Waals surface area contributed by atoms with Gasteiger partial charge in [0.15, 0.2) is 0 Å². The van der Waals surface area contributed by atoms with Gasteiger partial charge in [0.2, 0.25) is 0 Å². The molecule has 0 amide bonds. The molecule has 0 aliphatic heterocycles. The third kappa shape index (κ3) is 204. The van der Waals surface area contributed by atoms with E-state index in [1.165, 1.54) is 0 Å². The summed E-state index contributed by atoms with van der Waals surface area (Å²) in [5, 5.41) is 0. The second kappa shape index (κ2) is 13.9. The first-order valence-electron chi connectivity index (χ1n) is 1.79. The van der Waals surface area contributed by atoms with Crippen molar-refractivity contribution in [1.82, 2.24) is 0 Å². The zero-order chi connectivity index (χ0) is 9.00. The van der Waals surface area contributed by atoms with Crippen molar-refractivity contribution in [2.75, 3.05) is 0 Å². The summed E-state index contributed by atoms with van der Waals surface area (Å²) in [5.74, 6) is 0. The third-order valence-corrected chi connectivity index (χ3v) is 0. The Morgan fingerprint density at radius 3 is 0.462 bits per heavy atom. The average molecular weight is 680 g/mol. The van der Waals surface area contributed by atoms with E-state index in [1.807, 2.05) is 0 Å². The molecule has 0 heterocycles. The molecule has 13 heavy (non-hydrogen) atoms. The van der Waals surface area contributed by atoms with Gasteiger partial charge in [0.05, 0.1) is 0 Å². The normalized spacial score (nSPS) is 9.23.